The normalized spacial score (nSPS) is 24.5. The number of sulfonamides is 1. The van der Waals surface area contributed by atoms with Crippen molar-refractivity contribution in [1.82, 2.24) is 4.72 Å². The lowest BCUT2D eigenvalue weighted by Crippen LogP contribution is -2.39. The molecule has 5 nitrogen and oxygen atoms in total. The molecule has 2 unspecified atom stereocenters. The fraction of sp³-hybridized carbons (Fsp3) is 0.900. The van der Waals surface area contributed by atoms with Crippen molar-refractivity contribution in [1.29, 1.82) is 0 Å². The van der Waals surface area contributed by atoms with Gasteiger partial charge in [-0.2, -0.15) is 13.2 Å². The molecule has 112 valence electrons. The molecule has 1 fully saturated rings. The molecule has 0 spiro atoms. The number of carbonyl (C=O) groups excluding carboxylic acids is 1. The van der Waals surface area contributed by atoms with Crippen LogP contribution in [0.4, 0.5) is 13.2 Å². The number of carbonyl (C=O) groups is 1. The van der Waals surface area contributed by atoms with Gasteiger partial charge in [-0.25, -0.2) is 13.1 Å². The standard InChI is InChI=1S/C10H16F3NO4S/c1-7-6-8(9(15)18-7)14-19(16,17)5-3-2-4-10(11,12)13/h7-8,14H,2-6H2,1H3. The summed E-state index contributed by atoms with van der Waals surface area (Å²) < 4.78 is 65.7. The smallest absolute Gasteiger partial charge is 0.389 e. The maximum absolute atomic E-state index is 11.9. The number of hydrogen-bond acceptors (Lipinski definition) is 4. The quantitative estimate of drug-likeness (QED) is 0.594. The van der Waals surface area contributed by atoms with Crippen LogP contribution < -0.4 is 4.72 Å². The number of ether oxygens (including phenoxy) is 1. The summed E-state index contributed by atoms with van der Waals surface area (Å²) in [5.74, 6) is -1.08. The van der Waals surface area contributed by atoms with Crippen molar-refractivity contribution in [2.75, 3.05) is 5.75 Å². The number of cyclic esters (lactones) is 1. The Bertz CT molecular complexity index is 421. The molecule has 0 aromatic heterocycles. The highest BCUT2D eigenvalue weighted by atomic mass is 32.2. The van der Waals surface area contributed by atoms with Crippen molar-refractivity contribution in [3.8, 4) is 0 Å². The second-order valence-corrected chi connectivity index (χ2v) is 6.42. The summed E-state index contributed by atoms with van der Waals surface area (Å²) in [5, 5.41) is 0. The average molecular weight is 303 g/mol. The van der Waals surface area contributed by atoms with Gasteiger partial charge in [0.15, 0.2) is 0 Å². The molecule has 0 saturated carbocycles. The van der Waals surface area contributed by atoms with Gasteiger partial charge >= 0.3 is 12.1 Å². The molecule has 1 aliphatic rings. The summed E-state index contributed by atoms with van der Waals surface area (Å²) in [6.07, 6.45) is -5.76. The first-order valence-electron chi connectivity index (χ1n) is 5.86. The van der Waals surface area contributed by atoms with Crippen molar-refractivity contribution >= 4 is 16.0 Å². The molecular formula is C10H16F3NO4S. The summed E-state index contributed by atoms with van der Waals surface area (Å²) >= 11 is 0. The van der Waals surface area contributed by atoms with E-state index in [0.29, 0.717) is 0 Å². The minimum atomic E-state index is -4.28. The number of rotatable bonds is 6. The zero-order chi connectivity index (χ0) is 14.7. The van der Waals surface area contributed by atoms with Crippen molar-refractivity contribution in [2.24, 2.45) is 0 Å². The SMILES string of the molecule is CC1CC(NS(=O)(=O)CCCCC(F)(F)F)C(=O)O1. The Balaban J connectivity index is 2.34. The lowest BCUT2D eigenvalue weighted by molar-refractivity contribution is -0.142. The highest BCUT2D eigenvalue weighted by Gasteiger charge is 2.34. The maximum Gasteiger partial charge on any atom is 0.389 e. The van der Waals surface area contributed by atoms with Gasteiger partial charge in [0, 0.05) is 12.8 Å². The number of alkyl halides is 3. The van der Waals surface area contributed by atoms with Crippen molar-refractivity contribution < 1.29 is 31.1 Å². The fourth-order valence-corrected chi connectivity index (χ4v) is 3.07. The van der Waals surface area contributed by atoms with Crippen LogP contribution in [0.1, 0.15) is 32.6 Å². The average Bonchev–Trinajstić information content (AvgIpc) is 2.50. The first-order valence-corrected chi connectivity index (χ1v) is 7.51. The van der Waals surface area contributed by atoms with E-state index in [1.807, 2.05) is 0 Å². The molecule has 0 radical (unpaired) electrons. The van der Waals surface area contributed by atoms with E-state index < -0.39 is 40.4 Å². The second-order valence-electron chi connectivity index (χ2n) is 4.54. The molecule has 1 rings (SSSR count). The summed E-state index contributed by atoms with van der Waals surface area (Å²) in [6.45, 7) is 1.63. The first kappa shape index (κ1) is 16.2. The molecule has 19 heavy (non-hydrogen) atoms. The minimum absolute atomic E-state index is 0.105. The van der Waals surface area contributed by atoms with E-state index in [0.717, 1.165) is 0 Å². The van der Waals surface area contributed by atoms with E-state index in [1.165, 1.54) is 0 Å². The van der Waals surface area contributed by atoms with Gasteiger partial charge in [-0.05, 0) is 19.8 Å². The molecule has 1 aliphatic heterocycles. The van der Waals surface area contributed by atoms with E-state index in [-0.39, 0.29) is 25.4 Å². The number of unbranched alkanes of at least 4 members (excludes halogenated alkanes) is 1. The monoisotopic (exact) mass is 303 g/mol. The van der Waals surface area contributed by atoms with Crippen LogP contribution in [-0.4, -0.2) is 38.5 Å². The highest BCUT2D eigenvalue weighted by molar-refractivity contribution is 7.89. The first-order chi connectivity index (χ1) is 8.59. The third-order valence-corrected chi connectivity index (χ3v) is 4.08. The summed E-state index contributed by atoms with van der Waals surface area (Å²) in [4.78, 5) is 11.2. The van der Waals surface area contributed by atoms with E-state index in [9.17, 15) is 26.4 Å². The number of nitrogens with one attached hydrogen (secondary N) is 1. The molecule has 0 aromatic carbocycles. The molecule has 1 saturated heterocycles. The molecule has 0 aliphatic carbocycles. The molecule has 0 aromatic rings. The topological polar surface area (TPSA) is 72.5 Å². The van der Waals surface area contributed by atoms with Crippen LogP contribution in [0.2, 0.25) is 0 Å². The zero-order valence-electron chi connectivity index (χ0n) is 10.4. The predicted molar refractivity (Wildman–Crippen MR) is 60.8 cm³/mol. The Kier molecular flexibility index (Phi) is 5.19. The van der Waals surface area contributed by atoms with Gasteiger partial charge in [0.2, 0.25) is 10.0 Å². The van der Waals surface area contributed by atoms with Crippen molar-refractivity contribution in [2.45, 2.75) is 50.9 Å². The lowest BCUT2D eigenvalue weighted by atomic mass is 10.2. The van der Waals surface area contributed by atoms with Gasteiger partial charge < -0.3 is 4.74 Å². The number of esters is 1. The Morgan fingerprint density at radius 1 is 1.37 bits per heavy atom. The summed E-state index contributed by atoms with van der Waals surface area (Å²) in [7, 11) is -3.76. The fourth-order valence-electron chi connectivity index (χ4n) is 1.75. The van der Waals surface area contributed by atoms with Crippen LogP contribution in [0.3, 0.4) is 0 Å². The Labute approximate surface area is 109 Å². The van der Waals surface area contributed by atoms with E-state index in [4.69, 9.17) is 4.74 Å². The van der Waals surface area contributed by atoms with Gasteiger partial charge in [-0.1, -0.05) is 0 Å². The van der Waals surface area contributed by atoms with Crippen LogP contribution in [0.25, 0.3) is 0 Å². The van der Waals surface area contributed by atoms with Crippen molar-refractivity contribution in [3.63, 3.8) is 0 Å². The molecule has 2 atom stereocenters. The van der Waals surface area contributed by atoms with Crippen LogP contribution in [0, 0.1) is 0 Å². The molecule has 9 heteroatoms. The molecule has 0 amide bonds. The maximum atomic E-state index is 11.9. The number of hydrogen-bond donors (Lipinski definition) is 1. The third-order valence-electron chi connectivity index (χ3n) is 2.61. The highest BCUT2D eigenvalue weighted by Crippen LogP contribution is 2.22. The van der Waals surface area contributed by atoms with Crippen molar-refractivity contribution in [3.05, 3.63) is 0 Å². The summed E-state index contributed by atoms with van der Waals surface area (Å²) in [6, 6.07) is -0.928. The Morgan fingerprint density at radius 2 is 2.00 bits per heavy atom. The minimum Gasteiger partial charge on any atom is -0.461 e. The molecule has 1 heterocycles. The van der Waals surface area contributed by atoms with Crippen LogP contribution >= 0.6 is 0 Å². The molecule has 0 bridgehead atoms. The van der Waals surface area contributed by atoms with E-state index in [1.54, 1.807) is 6.92 Å². The summed E-state index contributed by atoms with van der Waals surface area (Å²) in [5.41, 5.74) is 0. The van der Waals surface area contributed by atoms with Gasteiger partial charge in [0.1, 0.15) is 12.1 Å². The molecular weight excluding hydrogens is 287 g/mol. The predicted octanol–water partition coefficient (Wildman–Crippen LogP) is 1.34. The Hall–Kier alpha value is -0.830. The van der Waals surface area contributed by atoms with Crippen LogP contribution in [0.5, 0.6) is 0 Å². The second kappa shape index (κ2) is 6.08. The van der Waals surface area contributed by atoms with E-state index >= 15 is 0 Å². The number of halogens is 3. The van der Waals surface area contributed by atoms with Crippen LogP contribution in [0.15, 0.2) is 0 Å². The van der Waals surface area contributed by atoms with Gasteiger partial charge in [0.25, 0.3) is 0 Å². The largest absolute Gasteiger partial charge is 0.461 e. The van der Waals surface area contributed by atoms with Gasteiger partial charge in [-0.15, -0.1) is 0 Å². The Morgan fingerprint density at radius 3 is 2.47 bits per heavy atom. The van der Waals surface area contributed by atoms with Crippen LogP contribution in [-0.2, 0) is 19.6 Å². The van der Waals surface area contributed by atoms with Gasteiger partial charge in [-0.3, -0.25) is 4.79 Å². The third kappa shape index (κ3) is 6.24. The van der Waals surface area contributed by atoms with Gasteiger partial charge in [0.05, 0.1) is 5.75 Å². The lowest BCUT2D eigenvalue weighted by Gasteiger charge is -2.10. The van der Waals surface area contributed by atoms with E-state index in [2.05, 4.69) is 4.72 Å². The molecule has 1 N–H and O–H groups in total. The zero-order valence-corrected chi connectivity index (χ0v) is 11.2.